The summed E-state index contributed by atoms with van der Waals surface area (Å²) >= 11 is 0. The number of rotatable bonds is 15. The highest BCUT2D eigenvalue weighted by Gasteiger charge is 2.37. The first-order chi connectivity index (χ1) is 20.0. The first-order valence-electron chi connectivity index (χ1n) is 14.7. The third kappa shape index (κ3) is 9.27. The van der Waals surface area contributed by atoms with Crippen molar-refractivity contribution < 1.29 is 23.8 Å². The van der Waals surface area contributed by atoms with Gasteiger partial charge in [0.1, 0.15) is 29.1 Å². The van der Waals surface area contributed by atoms with Gasteiger partial charge in [0.2, 0.25) is 0 Å². The maximum Gasteiger partial charge on any atom is 0.309 e. The van der Waals surface area contributed by atoms with Gasteiger partial charge in [-0.15, -0.1) is 0 Å². The number of nitrogens with two attached hydrogens (primary N) is 1. The van der Waals surface area contributed by atoms with Crippen molar-refractivity contribution in [2.75, 3.05) is 11.9 Å². The smallest absolute Gasteiger partial charge is 0.309 e. The minimum atomic E-state index is -1.41. The second-order valence-corrected chi connectivity index (χ2v) is 12.5. The molecule has 0 spiro atoms. The van der Waals surface area contributed by atoms with E-state index >= 15 is 0 Å². The van der Waals surface area contributed by atoms with Gasteiger partial charge in [-0.05, 0) is 102 Å². The molecule has 4 N–H and O–H groups in total. The molecule has 8 heteroatoms. The number of carbonyl (C=O) groups is 2. The number of aldehydes is 1. The summed E-state index contributed by atoms with van der Waals surface area (Å²) in [4.78, 5) is 28.6. The molecule has 0 aliphatic heterocycles. The summed E-state index contributed by atoms with van der Waals surface area (Å²) in [6.07, 6.45) is 8.32. The summed E-state index contributed by atoms with van der Waals surface area (Å²) in [7, 11) is 0. The molecule has 0 radical (unpaired) electrons. The molecule has 1 aromatic carbocycles. The summed E-state index contributed by atoms with van der Waals surface area (Å²) in [6.45, 7) is 23.0. The molecule has 7 nitrogen and oxygen atoms in total. The Labute approximate surface area is 256 Å². The van der Waals surface area contributed by atoms with Crippen LogP contribution >= 0.6 is 0 Å². The number of nitrogens with one attached hydrogen (secondary N) is 1. The molecule has 1 aliphatic carbocycles. The molecule has 1 fully saturated rings. The molecule has 2 rings (SSSR count). The van der Waals surface area contributed by atoms with E-state index in [1.165, 1.54) is 37.7 Å². The van der Waals surface area contributed by atoms with Crippen molar-refractivity contribution in [2.45, 2.75) is 80.1 Å². The van der Waals surface area contributed by atoms with Crippen molar-refractivity contribution in [3.05, 3.63) is 83.9 Å². The quantitative estimate of drug-likeness (QED) is 0.0818. The summed E-state index contributed by atoms with van der Waals surface area (Å²) in [5.74, 6) is -0.618. The topological polar surface area (TPSA) is 114 Å². The zero-order valence-corrected chi connectivity index (χ0v) is 26.6. The first-order valence-corrected chi connectivity index (χ1v) is 14.7. The molecular formula is C35H48FN3O4. The van der Waals surface area contributed by atoms with E-state index < -0.39 is 16.8 Å². The van der Waals surface area contributed by atoms with E-state index in [0.717, 1.165) is 19.4 Å². The van der Waals surface area contributed by atoms with Crippen LogP contribution in [0.2, 0.25) is 0 Å². The lowest BCUT2D eigenvalue weighted by Crippen LogP contribution is -2.28. The molecule has 1 unspecified atom stereocenters. The van der Waals surface area contributed by atoms with Gasteiger partial charge in [-0.1, -0.05) is 39.0 Å². The van der Waals surface area contributed by atoms with Crippen molar-refractivity contribution in [1.82, 2.24) is 0 Å². The molecule has 0 bridgehead atoms. The molecule has 1 aliphatic rings. The Morgan fingerprint density at radius 1 is 1.16 bits per heavy atom. The SMILES string of the molecule is C=C(C)/C(=C(N)\N=C(/C)C(=C)c1ccc(F)cc1NCC1CCCCC1)C(C)(C=O)C(=C)O/C=C(\C)CC(C)(C)C(=O)O. The van der Waals surface area contributed by atoms with Crippen molar-refractivity contribution >= 4 is 29.2 Å². The van der Waals surface area contributed by atoms with Gasteiger partial charge in [0, 0.05) is 29.1 Å². The summed E-state index contributed by atoms with van der Waals surface area (Å²) in [5.41, 5.74) is 7.96. The lowest BCUT2D eigenvalue weighted by atomic mass is 9.78. The van der Waals surface area contributed by atoms with E-state index in [1.54, 1.807) is 47.6 Å². The minimum Gasteiger partial charge on any atom is -0.481 e. The molecule has 234 valence electrons. The standard InChI is InChI=1S/C35H48FN3O4/c1-22(2)31(35(9,21-40)26(6)43-20-23(3)18-34(7,8)33(41)42)32(37)39-25(5)24(4)29-16-15-28(36)17-30(29)38-19-27-13-11-10-12-14-27/h15-17,20-21,27,38H,1,4,6,10-14,18-19,37H2,2-3,5,7-9H3,(H,41,42)/b23-20+,32-31+,39-25+. The van der Waals surface area contributed by atoms with Gasteiger partial charge in [0.05, 0.1) is 11.7 Å². The van der Waals surface area contributed by atoms with Crippen LogP contribution in [0.1, 0.15) is 85.6 Å². The fourth-order valence-electron chi connectivity index (χ4n) is 5.37. The second kappa shape index (κ2) is 15.0. The largest absolute Gasteiger partial charge is 0.481 e. The third-order valence-electron chi connectivity index (χ3n) is 8.06. The number of benzene rings is 1. The van der Waals surface area contributed by atoms with E-state index in [0.29, 0.717) is 51.5 Å². The van der Waals surface area contributed by atoms with Crippen LogP contribution < -0.4 is 11.1 Å². The molecule has 0 aromatic heterocycles. The highest BCUT2D eigenvalue weighted by Crippen LogP contribution is 2.39. The van der Waals surface area contributed by atoms with Gasteiger partial charge < -0.3 is 25.7 Å². The van der Waals surface area contributed by atoms with Gasteiger partial charge >= 0.3 is 5.97 Å². The minimum absolute atomic E-state index is 0.0389. The number of hydrogen-bond acceptors (Lipinski definition) is 6. The molecule has 0 saturated heterocycles. The highest BCUT2D eigenvalue weighted by molar-refractivity contribution is 6.23. The average molecular weight is 594 g/mol. The van der Waals surface area contributed by atoms with Crippen LogP contribution in [0.15, 0.2) is 77.5 Å². The van der Waals surface area contributed by atoms with E-state index in [9.17, 15) is 19.1 Å². The number of nitrogens with zero attached hydrogens (tertiary/aromatic N) is 1. The maximum atomic E-state index is 14.2. The highest BCUT2D eigenvalue weighted by atomic mass is 19.1. The number of ether oxygens (including phenoxy) is 1. The van der Waals surface area contributed by atoms with Crippen molar-refractivity contribution in [3.63, 3.8) is 0 Å². The van der Waals surface area contributed by atoms with Gasteiger partial charge in [-0.2, -0.15) is 0 Å². The third-order valence-corrected chi connectivity index (χ3v) is 8.06. The number of anilines is 1. The van der Waals surface area contributed by atoms with E-state index in [-0.39, 0.29) is 23.8 Å². The van der Waals surface area contributed by atoms with E-state index in [1.807, 2.05) is 0 Å². The van der Waals surface area contributed by atoms with Crippen LogP contribution in [0.5, 0.6) is 0 Å². The normalized spacial score (nSPS) is 16.9. The Bertz CT molecular complexity index is 1350. The number of halogens is 1. The number of carboxylic acids is 1. The molecule has 43 heavy (non-hydrogen) atoms. The molecule has 1 atom stereocenters. The van der Waals surface area contributed by atoms with Crippen LogP contribution in [0.25, 0.3) is 5.57 Å². The molecule has 1 saturated carbocycles. The Hall–Kier alpha value is -3.94. The zero-order valence-electron chi connectivity index (χ0n) is 26.6. The Morgan fingerprint density at radius 3 is 2.35 bits per heavy atom. The fraction of sp³-hybridized carbons (Fsp3) is 0.457. The first kappa shape index (κ1) is 35.3. The van der Waals surface area contributed by atoms with Gasteiger partial charge in [-0.3, -0.25) is 4.79 Å². The predicted octanol–water partition coefficient (Wildman–Crippen LogP) is 8.18. The van der Waals surface area contributed by atoms with Crippen molar-refractivity contribution in [3.8, 4) is 0 Å². The number of hydrogen-bond donors (Lipinski definition) is 3. The average Bonchev–Trinajstić information content (AvgIpc) is 2.94. The number of allylic oxidation sites excluding steroid dienone is 4. The maximum absolute atomic E-state index is 14.2. The number of carbonyl (C=O) groups excluding carboxylic acids is 1. The molecular weight excluding hydrogens is 545 g/mol. The van der Waals surface area contributed by atoms with Gasteiger partial charge in [-0.25, -0.2) is 9.38 Å². The number of aliphatic imine (C=N–C) groups is 1. The van der Waals surface area contributed by atoms with Crippen molar-refractivity contribution in [1.29, 1.82) is 0 Å². The Morgan fingerprint density at radius 2 is 1.79 bits per heavy atom. The summed E-state index contributed by atoms with van der Waals surface area (Å²) in [6, 6.07) is 4.52. The van der Waals surface area contributed by atoms with Gasteiger partial charge in [0.15, 0.2) is 0 Å². The second-order valence-electron chi connectivity index (χ2n) is 12.5. The predicted molar refractivity (Wildman–Crippen MR) is 174 cm³/mol. The summed E-state index contributed by atoms with van der Waals surface area (Å²) < 4.78 is 20.0. The van der Waals surface area contributed by atoms with Crippen LogP contribution in [-0.4, -0.2) is 29.6 Å². The Balaban J connectivity index is 2.38. The zero-order chi connectivity index (χ0) is 32.5. The van der Waals surface area contributed by atoms with Crippen LogP contribution in [-0.2, 0) is 14.3 Å². The van der Waals surface area contributed by atoms with E-state index in [2.05, 4.69) is 30.0 Å². The van der Waals surface area contributed by atoms with Crippen LogP contribution in [0.4, 0.5) is 10.1 Å². The monoisotopic (exact) mass is 593 g/mol. The number of carboxylic acid groups (broad SMARTS) is 1. The number of aliphatic carboxylic acids is 1. The van der Waals surface area contributed by atoms with Gasteiger partial charge in [0.25, 0.3) is 0 Å². The lowest BCUT2D eigenvalue weighted by molar-refractivity contribution is -0.146. The van der Waals surface area contributed by atoms with E-state index in [4.69, 9.17) is 10.5 Å². The van der Waals surface area contributed by atoms with Crippen LogP contribution in [0.3, 0.4) is 0 Å². The molecule has 0 amide bonds. The summed E-state index contributed by atoms with van der Waals surface area (Å²) in [5, 5.41) is 12.8. The van der Waals surface area contributed by atoms with Crippen molar-refractivity contribution in [2.24, 2.45) is 27.5 Å². The molecule has 1 aromatic rings. The molecule has 0 heterocycles. The lowest BCUT2D eigenvalue weighted by Gasteiger charge is -2.29. The Kier molecular flexibility index (Phi) is 12.3. The van der Waals surface area contributed by atoms with Crippen LogP contribution in [0, 0.1) is 22.6 Å². The fourth-order valence-corrected chi connectivity index (χ4v) is 5.37.